The standard InChI is InChI=1S/C20H28N6O/c1-24(2)11-5-10-21-17-7-8-18(23-16-17)20(27)26-14-12-25(13-15-26)19-6-3-4-9-22-19/h3-4,6-9,16,21H,5,10-15H2,1-2H3. The first-order chi connectivity index (χ1) is 13.1. The molecule has 144 valence electrons. The monoisotopic (exact) mass is 368 g/mol. The Bertz CT molecular complexity index is 711. The minimum absolute atomic E-state index is 0.00479. The number of nitrogens with zero attached hydrogens (tertiary/aromatic N) is 5. The first-order valence-corrected chi connectivity index (χ1v) is 9.43. The predicted octanol–water partition coefficient (Wildman–Crippen LogP) is 1.80. The fourth-order valence-corrected chi connectivity index (χ4v) is 3.09. The maximum atomic E-state index is 12.7. The SMILES string of the molecule is CN(C)CCCNc1ccc(C(=O)N2CCN(c3ccccn3)CC2)nc1. The second-order valence-corrected chi connectivity index (χ2v) is 6.98. The zero-order chi connectivity index (χ0) is 19.1. The van der Waals surface area contributed by atoms with Crippen LogP contribution in [0.3, 0.4) is 0 Å². The van der Waals surface area contributed by atoms with Gasteiger partial charge in [0.2, 0.25) is 0 Å². The molecule has 3 rings (SSSR count). The molecule has 7 heteroatoms. The third-order valence-corrected chi connectivity index (χ3v) is 4.63. The Balaban J connectivity index is 1.48. The second-order valence-electron chi connectivity index (χ2n) is 6.98. The maximum absolute atomic E-state index is 12.7. The van der Waals surface area contributed by atoms with Crippen molar-refractivity contribution in [1.82, 2.24) is 19.8 Å². The van der Waals surface area contributed by atoms with Gasteiger partial charge in [0.1, 0.15) is 11.5 Å². The Morgan fingerprint density at radius 2 is 1.93 bits per heavy atom. The summed E-state index contributed by atoms with van der Waals surface area (Å²) in [4.78, 5) is 27.7. The number of aromatic nitrogens is 2. The van der Waals surface area contributed by atoms with Crippen molar-refractivity contribution >= 4 is 17.4 Å². The van der Waals surface area contributed by atoms with E-state index < -0.39 is 0 Å². The van der Waals surface area contributed by atoms with E-state index in [2.05, 4.69) is 39.2 Å². The number of hydrogen-bond acceptors (Lipinski definition) is 6. The van der Waals surface area contributed by atoms with Crippen molar-refractivity contribution in [2.24, 2.45) is 0 Å². The van der Waals surface area contributed by atoms with Crippen molar-refractivity contribution in [3.8, 4) is 0 Å². The zero-order valence-electron chi connectivity index (χ0n) is 16.1. The second kappa shape index (κ2) is 9.32. The number of rotatable bonds is 7. The molecular formula is C20H28N6O. The molecule has 1 aliphatic heterocycles. The quantitative estimate of drug-likeness (QED) is 0.752. The molecule has 2 aromatic rings. The highest BCUT2D eigenvalue weighted by Gasteiger charge is 2.23. The third-order valence-electron chi connectivity index (χ3n) is 4.63. The lowest BCUT2D eigenvalue weighted by molar-refractivity contribution is 0.0740. The van der Waals surface area contributed by atoms with Crippen molar-refractivity contribution in [2.75, 3.05) is 63.6 Å². The summed E-state index contributed by atoms with van der Waals surface area (Å²) in [7, 11) is 4.14. The zero-order valence-corrected chi connectivity index (χ0v) is 16.1. The topological polar surface area (TPSA) is 64.6 Å². The summed E-state index contributed by atoms with van der Waals surface area (Å²) in [5, 5.41) is 3.34. The molecule has 0 spiro atoms. The van der Waals surface area contributed by atoms with Gasteiger partial charge < -0.3 is 20.0 Å². The van der Waals surface area contributed by atoms with Crippen LogP contribution in [0.4, 0.5) is 11.5 Å². The van der Waals surface area contributed by atoms with Gasteiger partial charge in [0, 0.05) is 38.9 Å². The van der Waals surface area contributed by atoms with Gasteiger partial charge in [-0.3, -0.25) is 4.79 Å². The predicted molar refractivity (Wildman–Crippen MR) is 108 cm³/mol. The minimum atomic E-state index is -0.00479. The van der Waals surface area contributed by atoms with Crippen LogP contribution in [0.15, 0.2) is 42.7 Å². The van der Waals surface area contributed by atoms with Gasteiger partial charge >= 0.3 is 0 Å². The van der Waals surface area contributed by atoms with Crippen LogP contribution in [0, 0.1) is 0 Å². The Hall–Kier alpha value is -2.67. The van der Waals surface area contributed by atoms with E-state index >= 15 is 0 Å². The highest BCUT2D eigenvalue weighted by molar-refractivity contribution is 5.92. The Labute approximate surface area is 161 Å². The number of pyridine rings is 2. The highest BCUT2D eigenvalue weighted by atomic mass is 16.2. The van der Waals surface area contributed by atoms with Crippen LogP contribution in [0.25, 0.3) is 0 Å². The van der Waals surface area contributed by atoms with Gasteiger partial charge in [0.15, 0.2) is 0 Å². The molecule has 1 N–H and O–H groups in total. The molecular weight excluding hydrogens is 340 g/mol. The molecule has 2 aromatic heterocycles. The molecule has 1 saturated heterocycles. The third kappa shape index (κ3) is 5.40. The van der Waals surface area contributed by atoms with Crippen LogP contribution >= 0.6 is 0 Å². The summed E-state index contributed by atoms with van der Waals surface area (Å²) in [6, 6.07) is 9.64. The van der Waals surface area contributed by atoms with Crippen LogP contribution in [0.1, 0.15) is 16.9 Å². The van der Waals surface area contributed by atoms with Gasteiger partial charge in [-0.15, -0.1) is 0 Å². The van der Waals surface area contributed by atoms with E-state index in [-0.39, 0.29) is 5.91 Å². The molecule has 0 bridgehead atoms. The number of anilines is 2. The number of carbonyl (C=O) groups is 1. The van der Waals surface area contributed by atoms with Gasteiger partial charge in [0.25, 0.3) is 5.91 Å². The summed E-state index contributed by atoms with van der Waals surface area (Å²) in [6.45, 7) is 4.87. The number of piperazine rings is 1. The molecule has 0 aromatic carbocycles. The first-order valence-electron chi connectivity index (χ1n) is 9.43. The molecule has 1 amide bonds. The molecule has 0 aliphatic carbocycles. The largest absolute Gasteiger partial charge is 0.384 e. The normalized spacial score (nSPS) is 14.5. The van der Waals surface area contributed by atoms with E-state index in [4.69, 9.17) is 0 Å². The van der Waals surface area contributed by atoms with E-state index in [1.54, 1.807) is 12.4 Å². The number of amides is 1. The number of nitrogens with one attached hydrogen (secondary N) is 1. The summed E-state index contributed by atoms with van der Waals surface area (Å²) in [5.74, 6) is 0.960. The molecule has 3 heterocycles. The number of carbonyl (C=O) groups excluding carboxylic acids is 1. The fourth-order valence-electron chi connectivity index (χ4n) is 3.09. The number of hydrogen-bond donors (Lipinski definition) is 1. The average molecular weight is 368 g/mol. The van der Waals surface area contributed by atoms with Crippen LogP contribution < -0.4 is 10.2 Å². The van der Waals surface area contributed by atoms with Crippen molar-refractivity contribution < 1.29 is 4.79 Å². The van der Waals surface area contributed by atoms with E-state index in [0.717, 1.165) is 44.1 Å². The molecule has 1 fully saturated rings. The summed E-state index contributed by atoms with van der Waals surface area (Å²) in [6.07, 6.45) is 4.61. The lowest BCUT2D eigenvalue weighted by Crippen LogP contribution is -2.49. The van der Waals surface area contributed by atoms with Gasteiger partial charge in [0.05, 0.1) is 11.9 Å². The molecule has 27 heavy (non-hydrogen) atoms. The molecule has 0 radical (unpaired) electrons. The van der Waals surface area contributed by atoms with Crippen LogP contribution in [0.2, 0.25) is 0 Å². The molecule has 1 aliphatic rings. The van der Waals surface area contributed by atoms with E-state index in [1.807, 2.05) is 35.2 Å². The average Bonchev–Trinajstić information content (AvgIpc) is 2.72. The van der Waals surface area contributed by atoms with Crippen LogP contribution in [-0.2, 0) is 0 Å². The van der Waals surface area contributed by atoms with Crippen LogP contribution in [-0.4, -0.2) is 79.0 Å². The summed E-state index contributed by atoms with van der Waals surface area (Å²) >= 11 is 0. The maximum Gasteiger partial charge on any atom is 0.272 e. The summed E-state index contributed by atoms with van der Waals surface area (Å²) in [5.41, 5.74) is 1.45. The Morgan fingerprint density at radius 1 is 1.11 bits per heavy atom. The van der Waals surface area contributed by atoms with Gasteiger partial charge in [-0.05, 0) is 51.3 Å². The highest BCUT2D eigenvalue weighted by Crippen LogP contribution is 2.14. The smallest absolute Gasteiger partial charge is 0.272 e. The molecule has 7 nitrogen and oxygen atoms in total. The van der Waals surface area contributed by atoms with Crippen molar-refractivity contribution in [1.29, 1.82) is 0 Å². The lowest BCUT2D eigenvalue weighted by Gasteiger charge is -2.35. The van der Waals surface area contributed by atoms with E-state index in [1.165, 1.54) is 0 Å². The summed E-state index contributed by atoms with van der Waals surface area (Å²) < 4.78 is 0. The van der Waals surface area contributed by atoms with Crippen molar-refractivity contribution in [3.63, 3.8) is 0 Å². The Morgan fingerprint density at radius 3 is 2.56 bits per heavy atom. The molecule has 0 saturated carbocycles. The van der Waals surface area contributed by atoms with Crippen LogP contribution in [0.5, 0.6) is 0 Å². The van der Waals surface area contributed by atoms with Gasteiger partial charge in [-0.25, -0.2) is 9.97 Å². The van der Waals surface area contributed by atoms with E-state index in [0.29, 0.717) is 18.8 Å². The van der Waals surface area contributed by atoms with Gasteiger partial charge in [-0.2, -0.15) is 0 Å². The van der Waals surface area contributed by atoms with Crippen molar-refractivity contribution in [3.05, 3.63) is 48.4 Å². The lowest BCUT2D eigenvalue weighted by atomic mass is 10.2. The Kier molecular flexibility index (Phi) is 6.59. The first kappa shape index (κ1) is 19.1. The minimum Gasteiger partial charge on any atom is -0.384 e. The van der Waals surface area contributed by atoms with Gasteiger partial charge in [-0.1, -0.05) is 6.07 Å². The molecule has 0 unspecified atom stereocenters. The molecule has 0 atom stereocenters. The van der Waals surface area contributed by atoms with E-state index in [9.17, 15) is 4.79 Å². The fraction of sp³-hybridized carbons (Fsp3) is 0.450. The van der Waals surface area contributed by atoms with Crippen molar-refractivity contribution in [2.45, 2.75) is 6.42 Å².